The summed E-state index contributed by atoms with van der Waals surface area (Å²) < 4.78 is 11.6. The summed E-state index contributed by atoms with van der Waals surface area (Å²) in [7, 11) is 0. The highest BCUT2D eigenvalue weighted by Crippen LogP contribution is 2.21. The molecule has 0 aliphatic rings. The first-order chi connectivity index (χ1) is 12.5. The molecule has 4 nitrogen and oxygen atoms in total. The highest BCUT2D eigenvalue weighted by Gasteiger charge is 2.18. The lowest BCUT2D eigenvalue weighted by Gasteiger charge is -2.32. The van der Waals surface area contributed by atoms with Gasteiger partial charge in [-0.05, 0) is 45.4 Å². The Bertz CT molecular complexity index is 635. The van der Waals surface area contributed by atoms with Crippen molar-refractivity contribution in [3.63, 3.8) is 0 Å². The molecule has 26 heavy (non-hydrogen) atoms. The van der Waals surface area contributed by atoms with Crippen LogP contribution in [0.25, 0.3) is 0 Å². The second-order valence-corrected chi connectivity index (χ2v) is 7.10. The van der Waals surface area contributed by atoms with Crippen LogP contribution in [-0.2, 0) is 6.61 Å². The molecule has 0 saturated heterocycles. The van der Waals surface area contributed by atoms with Crippen LogP contribution in [0.4, 0.5) is 0 Å². The summed E-state index contributed by atoms with van der Waals surface area (Å²) in [6.45, 7) is 9.94. The van der Waals surface area contributed by atoms with E-state index in [-0.39, 0.29) is 6.61 Å². The van der Waals surface area contributed by atoms with Gasteiger partial charge < -0.3 is 14.6 Å². The summed E-state index contributed by atoms with van der Waals surface area (Å²) in [5, 5.41) is 10.3. The molecule has 0 heterocycles. The van der Waals surface area contributed by atoms with Gasteiger partial charge in [0.1, 0.15) is 30.8 Å². The first-order valence-corrected chi connectivity index (χ1v) is 9.29. The predicted molar refractivity (Wildman–Crippen MR) is 106 cm³/mol. The topological polar surface area (TPSA) is 41.9 Å². The molecule has 0 fully saturated rings. The van der Waals surface area contributed by atoms with Crippen LogP contribution in [0, 0.1) is 0 Å². The van der Waals surface area contributed by atoms with Gasteiger partial charge >= 0.3 is 0 Å². The van der Waals surface area contributed by atoms with Gasteiger partial charge in [0.25, 0.3) is 0 Å². The highest BCUT2D eigenvalue weighted by molar-refractivity contribution is 5.33. The zero-order chi connectivity index (χ0) is 18.9. The summed E-state index contributed by atoms with van der Waals surface area (Å²) in [4.78, 5) is 2.26. The van der Waals surface area contributed by atoms with Gasteiger partial charge in [0.2, 0.25) is 0 Å². The van der Waals surface area contributed by atoms with Gasteiger partial charge in [0.05, 0.1) is 0 Å². The molecular formula is C22H31NO3. The van der Waals surface area contributed by atoms with Crippen LogP contribution in [0.5, 0.6) is 11.5 Å². The van der Waals surface area contributed by atoms with Crippen LogP contribution in [0.2, 0.25) is 0 Å². The molecule has 1 unspecified atom stereocenters. The minimum absolute atomic E-state index is 0.262. The Morgan fingerprint density at radius 2 is 1.46 bits per heavy atom. The molecule has 0 bridgehead atoms. The van der Waals surface area contributed by atoms with Crippen LogP contribution in [-0.4, -0.2) is 41.3 Å². The summed E-state index contributed by atoms with van der Waals surface area (Å²) in [5.74, 6) is 1.46. The predicted octanol–water partition coefficient (Wildman–Crippen LogP) is 4.12. The Morgan fingerprint density at radius 1 is 0.846 bits per heavy atom. The van der Waals surface area contributed by atoms with E-state index in [1.54, 1.807) is 0 Å². The van der Waals surface area contributed by atoms with Gasteiger partial charge in [-0.1, -0.05) is 36.4 Å². The Hall–Kier alpha value is -2.04. The van der Waals surface area contributed by atoms with Crippen molar-refractivity contribution in [2.45, 2.75) is 52.5 Å². The first-order valence-electron chi connectivity index (χ1n) is 9.29. The summed E-state index contributed by atoms with van der Waals surface area (Å²) in [5.41, 5.74) is 1.12. The van der Waals surface area contributed by atoms with Crippen molar-refractivity contribution >= 4 is 0 Å². The number of nitrogens with zero attached hydrogens (tertiary/aromatic N) is 1. The van der Waals surface area contributed by atoms with Crippen molar-refractivity contribution in [2.75, 3.05) is 13.2 Å². The summed E-state index contributed by atoms with van der Waals surface area (Å²) in [6.07, 6.45) is -0.534. The maximum Gasteiger partial charge on any atom is 0.123 e. The summed E-state index contributed by atoms with van der Waals surface area (Å²) >= 11 is 0. The number of aliphatic hydroxyl groups excluding tert-OH is 1. The fourth-order valence-electron chi connectivity index (χ4n) is 2.90. The van der Waals surface area contributed by atoms with E-state index in [0.717, 1.165) is 11.3 Å². The lowest BCUT2D eigenvalue weighted by molar-refractivity contribution is 0.0445. The summed E-state index contributed by atoms with van der Waals surface area (Å²) in [6, 6.07) is 18.4. The van der Waals surface area contributed by atoms with Gasteiger partial charge in [0, 0.05) is 24.7 Å². The average molecular weight is 357 g/mol. The van der Waals surface area contributed by atoms with Crippen molar-refractivity contribution < 1.29 is 14.6 Å². The molecule has 0 radical (unpaired) electrons. The van der Waals surface area contributed by atoms with Gasteiger partial charge in [-0.25, -0.2) is 0 Å². The number of hydrogen-bond donors (Lipinski definition) is 1. The second kappa shape index (κ2) is 10.2. The SMILES string of the molecule is CC(C)N(CC(O)COc1cccc(OCc2ccccc2)c1)C(C)C. The minimum Gasteiger partial charge on any atom is -0.491 e. The third kappa shape index (κ3) is 6.70. The van der Waals surface area contributed by atoms with E-state index in [4.69, 9.17) is 9.47 Å². The Balaban J connectivity index is 1.84. The number of benzene rings is 2. The monoisotopic (exact) mass is 357 g/mol. The van der Waals surface area contributed by atoms with Crippen LogP contribution >= 0.6 is 0 Å². The molecule has 0 aliphatic heterocycles. The van der Waals surface area contributed by atoms with E-state index in [2.05, 4.69) is 32.6 Å². The number of hydrogen-bond acceptors (Lipinski definition) is 4. The van der Waals surface area contributed by atoms with Crippen LogP contribution in [0.3, 0.4) is 0 Å². The zero-order valence-corrected chi connectivity index (χ0v) is 16.3. The molecule has 0 aromatic heterocycles. The quantitative estimate of drug-likeness (QED) is 0.694. The highest BCUT2D eigenvalue weighted by atomic mass is 16.5. The molecule has 0 aliphatic carbocycles. The lowest BCUT2D eigenvalue weighted by Crippen LogP contribution is -2.43. The Labute approximate surface area is 157 Å². The van der Waals surface area contributed by atoms with Crippen molar-refractivity contribution in [3.8, 4) is 11.5 Å². The smallest absolute Gasteiger partial charge is 0.123 e. The molecule has 2 rings (SSSR count). The fourth-order valence-corrected chi connectivity index (χ4v) is 2.90. The normalized spacial score (nSPS) is 12.6. The second-order valence-electron chi connectivity index (χ2n) is 7.10. The third-order valence-corrected chi connectivity index (χ3v) is 4.24. The van der Waals surface area contributed by atoms with E-state index in [1.807, 2.05) is 54.6 Å². The molecule has 4 heteroatoms. The number of rotatable bonds is 10. The third-order valence-electron chi connectivity index (χ3n) is 4.24. The number of ether oxygens (including phenoxy) is 2. The lowest BCUT2D eigenvalue weighted by atomic mass is 10.2. The molecule has 0 spiro atoms. The van der Waals surface area contributed by atoms with Crippen LogP contribution < -0.4 is 9.47 Å². The Morgan fingerprint density at radius 3 is 2.08 bits per heavy atom. The van der Waals surface area contributed by atoms with Crippen molar-refractivity contribution in [1.29, 1.82) is 0 Å². The van der Waals surface area contributed by atoms with Crippen molar-refractivity contribution in [1.82, 2.24) is 4.90 Å². The van der Waals surface area contributed by atoms with Gasteiger partial charge in [0.15, 0.2) is 0 Å². The van der Waals surface area contributed by atoms with Crippen LogP contribution in [0.15, 0.2) is 54.6 Å². The molecule has 2 aromatic carbocycles. The van der Waals surface area contributed by atoms with Crippen molar-refractivity contribution in [2.24, 2.45) is 0 Å². The molecule has 0 saturated carbocycles. The molecular weight excluding hydrogens is 326 g/mol. The van der Waals surface area contributed by atoms with E-state index in [0.29, 0.717) is 31.0 Å². The van der Waals surface area contributed by atoms with Gasteiger partial charge in [-0.15, -0.1) is 0 Å². The van der Waals surface area contributed by atoms with E-state index < -0.39 is 6.10 Å². The molecule has 2 aromatic rings. The molecule has 1 N–H and O–H groups in total. The van der Waals surface area contributed by atoms with E-state index >= 15 is 0 Å². The molecule has 0 amide bonds. The van der Waals surface area contributed by atoms with E-state index in [9.17, 15) is 5.11 Å². The fraction of sp³-hybridized carbons (Fsp3) is 0.455. The van der Waals surface area contributed by atoms with Crippen molar-refractivity contribution in [3.05, 3.63) is 60.2 Å². The van der Waals surface area contributed by atoms with Gasteiger partial charge in [-0.3, -0.25) is 4.90 Å². The minimum atomic E-state index is -0.534. The van der Waals surface area contributed by atoms with E-state index in [1.165, 1.54) is 0 Å². The largest absolute Gasteiger partial charge is 0.491 e. The van der Waals surface area contributed by atoms with Crippen LogP contribution in [0.1, 0.15) is 33.3 Å². The molecule has 142 valence electrons. The first kappa shape index (κ1) is 20.3. The maximum atomic E-state index is 10.3. The standard InChI is InChI=1S/C22H31NO3/c1-17(2)23(18(3)4)14-20(24)16-26-22-12-8-11-21(13-22)25-15-19-9-6-5-7-10-19/h5-13,17-18,20,24H,14-16H2,1-4H3. The molecule has 1 atom stereocenters. The Kier molecular flexibility index (Phi) is 7.95. The number of aliphatic hydroxyl groups is 1. The maximum absolute atomic E-state index is 10.3. The van der Waals surface area contributed by atoms with Gasteiger partial charge in [-0.2, -0.15) is 0 Å². The average Bonchev–Trinajstić information content (AvgIpc) is 2.63. The zero-order valence-electron chi connectivity index (χ0n) is 16.3.